The van der Waals surface area contributed by atoms with Gasteiger partial charge in [-0.1, -0.05) is 6.07 Å². The highest BCUT2D eigenvalue weighted by Gasteiger charge is 2.61. The van der Waals surface area contributed by atoms with Crippen molar-refractivity contribution >= 4 is 30.0 Å². The van der Waals surface area contributed by atoms with E-state index in [4.69, 9.17) is 42.6 Å². The number of carbonyl (C=O) groups is 3. The summed E-state index contributed by atoms with van der Waals surface area (Å²) < 4.78 is 53.6. The summed E-state index contributed by atoms with van der Waals surface area (Å²) >= 11 is 1.41. The Hall–Kier alpha value is -5.14. The molecule has 350 valence electrons. The number of aliphatic hydroxyl groups is 1. The van der Waals surface area contributed by atoms with Gasteiger partial charge in [0.15, 0.2) is 40.0 Å². The Bertz CT molecular complexity index is 2480. The maximum absolute atomic E-state index is 15.1. The molecule has 0 radical (unpaired) electrons. The highest BCUT2D eigenvalue weighted by Crippen LogP contribution is 2.64. The molecule has 7 aliphatic heterocycles. The molecule has 0 aliphatic carbocycles. The van der Waals surface area contributed by atoms with Gasteiger partial charge in [-0.25, -0.2) is 14.4 Å². The number of likely N-dealkylation sites (N-methyl/N-ethyl adjacent to an activating group) is 1. The van der Waals surface area contributed by atoms with Crippen LogP contribution < -0.4 is 33.7 Å². The van der Waals surface area contributed by atoms with Gasteiger partial charge in [-0.05, 0) is 110 Å². The number of aryl methyl sites for hydroxylation is 1. The number of hydrogen-bond acceptors (Lipinski definition) is 18. The highest BCUT2D eigenvalue weighted by atomic mass is 32.2. The number of aromatic hydroxyl groups is 1. The van der Waals surface area contributed by atoms with E-state index < -0.39 is 70.7 Å². The van der Waals surface area contributed by atoms with E-state index in [-0.39, 0.29) is 42.2 Å². The number of ether oxygens (including phenoxy) is 9. The second-order valence-corrected chi connectivity index (χ2v) is 20.6. The van der Waals surface area contributed by atoms with Crippen molar-refractivity contribution in [2.24, 2.45) is 0 Å². The smallest absolute Gasteiger partial charge is 0.504 e. The maximum atomic E-state index is 15.1. The molecule has 7 aliphatic rings. The van der Waals surface area contributed by atoms with Crippen LogP contribution >= 0.6 is 11.8 Å². The number of phenolic OH excluding ortho intramolecular Hbond substituents is 1. The predicted molar refractivity (Wildman–Crippen MR) is 235 cm³/mol. The van der Waals surface area contributed by atoms with E-state index in [9.17, 15) is 19.8 Å². The fourth-order valence-corrected chi connectivity index (χ4v) is 12.3. The molecular weight excluding hydrogens is 863 g/mol. The van der Waals surface area contributed by atoms with Gasteiger partial charge >= 0.3 is 18.3 Å². The molecule has 65 heavy (non-hydrogen) atoms. The van der Waals surface area contributed by atoms with Crippen molar-refractivity contribution in [1.82, 2.24) is 15.1 Å². The summed E-state index contributed by atoms with van der Waals surface area (Å²) in [4.78, 5) is 45.9. The molecule has 0 saturated carbocycles. The average Bonchev–Trinajstić information content (AvgIpc) is 3.71. The van der Waals surface area contributed by atoms with Crippen LogP contribution in [-0.4, -0.2) is 115 Å². The number of thioether (sulfide) groups is 1. The van der Waals surface area contributed by atoms with Crippen molar-refractivity contribution in [3.8, 4) is 40.2 Å². The predicted octanol–water partition coefficient (Wildman–Crippen LogP) is 6.41. The normalized spacial score (nSPS) is 26.8. The number of nitrogens with one attached hydrogen (secondary N) is 1. The molecule has 3 N–H and O–H groups in total. The number of benzene rings is 3. The van der Waals surface area contributed by atoms with Crippen LogP contribution in [0.5, 0.6) is 40.2 Å². The van der Waals surface area contributed by atoms with Gasteiger partial charge in [-0.2, -0.15) is 0 Å². The van der Waals surface area contributed by atoms with Gasteiger partial charge in [-0.15, -0.1) is 11.8 Å². The number of nitrogens with zero attached hydrogens (tertiary/aromatic N) is 2. The number of carbonyl (C=O) groups excluding carboxylic acids is 3. The third-order valence-electron chi connectivity index (χ3n) is 13.2. The fourth-order valence-electron chi connectivity index (χ4n) is 10.6. The second kappa shape index (κ2) is 16.0. The number of rotatable bonds is 4. The lowest BCUT2D eigenvalue weighted by molar-refractivity contribution is -0.186. The number of esters is 1. The molecule has 2 saturated heterocycles. The van der Waals surface area contributed by atoms with E-state index in [1.165, 1.54) is 26.0 Å². The molecule has 2 fully saturated rings. The zero-order valence-electron chi connectivity index (χ0n) is 38.5. The van der Waals surface area contributed by atoms with Crippen molar-refractivity contribution in [2.75, 3.05) is 47.0 Å². The number of hydrogen-bond donors (Lipinski definition) is 3. The Morgan fingerprint density at radius 2 is 1.57 bits per heavy atom. The van der Waals surface area contributed by atoms with E-state index >= 15 is 4.79 Å². The van der Waals surface area contributed by atoms with Crippen LogP contribution in [0, 0.1) is 13.8 Å². The molecule has 17 nitrogen and oxygen atoms in total. The Kier molecular flexibility index (Phi) is 11.1. The molecule has 7 heterocycles. The summed E-state index contributed by atoms with van der Waals surface area (Å²) in [5.41, 5.74) is 2.04. The van der Waals surface area contributed by atoms with Crippen LogP contribution in [0.15, 0.2) is 18.2 Å². The van der Waals surface area contributed by atoms with Crippen LogP contribution in [-0.2, 0) is 37.4 Å². The lowest BCUT2D eigenvalue weighted by Gasteiger charge is -2.62. The highest BCUT2D eigenvalue weighted by molar-refractivity contribution is 7.99. The van der Waals surface area contributed by atoms with Crippen LogP contribution in [0.3, 0.4) is 0 Å². The van der Waals surface area contributed by atoms with Gasteiger partial charge in [-0.3, -0.25) is 15.1 Å². The van der Waals surface area contributed by atoms with Crippen molar-refractivity contribution < 1.29 is 67.2 Å². The fraction of sp³-hybridized carbons (Fsp3) is 0.553. The number of methoxy groups -OCH3 is 2. The van der Waals surface area contributed by atoms with Crippen molar-refractivity contribution in [3.63, 3.8) is 0 Å². The van der Waals surface area contributed by atoms with E-state index in [1.54, 1.807) is 60.6 Å². The Morgan fingerprint density at radius 1 is 0.877 bits per heavy atom. The molecule has 4 bridgehead atoms. The largest absolute Gasteiger partial charge is 0.514 e. The first-order chi connectivity index (χ1) is 30.7. The Morgan fingerprint density at radius 3 is 2.25 bits per heavy atom. The molecule has 18 heteroatoms. The first-order valence-electron chi connectivity index (χ1n) is 21.8. The van der Waals surface area contributed by atoms with Crippen molar-refractivity contribution in [1.29, 1.82) is 0 Å². The van der Waals surface area contributed by atoms with Gasteiger partial charge in [0.05, 0.1) is 37.6 Å². The summed E-state index contributed by atoms with van der Waals surface area (Å²) in [6, 6.07) is 2.84. The van der Waals surface area contributed by atoms with Crippen LogP contribution in [0.1, 0.15) is 103 Å². The Labute approximate surface area is 381 Å². The third kappa shape index (κ3) is 7.35. The first kappa shape index (κ1) is 45.0. The lowest BCUT2D eigenvalue weighted by Crippen LogP contribution is -2.70. The number of piperazine rings is 1. The van der Waals surface area contributed by atoms with Crippen LogP contribution in [0.2, 0.25) is 0 Å². The van der Waals surface area contributed by atoms with Gasteiger partial charge in [0.25, 0.3) is 0 Å². The van der Waals surface area contributed by atoms with Gasteiger partial charge in [0.2, 0.25) is 6.79 Å². The zero-order chi connectivity index (χ0) is 46.7. The second-order valence-electron chi connectivity index (χ2n) is 19.4. The molecule has 0 aromatic heterocycles. The SMILES string of the molecule is COc1cc2c(cc1OC(=O)OC(C)(C)C)CCN[C@]21CS[C@@H]2c3c(OC(=O)OC(C)(C)C)c(C)c4c(c3[C@H](COC1=O)N1C2[C@H]2c3c(cc(C)c(OC)c3O)C[C@@H]([C@@H]1O)N2C)OCO4. The molecular formula is C47H57N3O14S. The molecule has 3 aromatic rings. The number of fused-ring (bicyclic) bond motifs is 9. The van der Waals surface area contributed by atoms with Gasteiger partial charge in [0, 0.05) is 40.6 Å². The summed E-state index contributed by atoms with van der Waals surface area (Å²) in [5.74, 6) is 1.12. The standard InChI is InChI=1S/C47H57N3O14S/c1-21-14-24-15-26-41(52)50-27-18-58-42(53)47(25-17-28(56-10)29(16-23(25)12-13-48-47)61-43(54)63-45(3,4)5)19-65-40(34(50)33(49(26)9)30(24)35(51)36(21)57-11)32-31(27)39-38(59-20-60-39)22(2)37(32)62-44(55)64-46(6,7)8/h14,16-17,26-27,33-34,40-41,48,51-52H,12-13,15,18-20H2,1-11H3/t26-,27-,33+,34?,40+,41-,47+/m0/s1. The van der Waals surface area contributed by atoms with Crippen molar-refractivity contribution in [2.45, 2.75) is 121 Å². The number of phenols is 1. The summed E-state index contributed by atoms with van der Waals surface area (Å²) in [5, 5.41) is 27.8. The third-order valence-corrected chi connectivity index (χ3v) is 14.6. The minimum absolute atomic E-state index is 0.00157. The van der Waals surface area contributed by atoms with Crippen LogP contribution in [0.25, 0.3) is 0 Å². The van der Waals surface area contributed by atoms with Gasteiger partial charge in [0.1, 0.15) is 29.8 Å². The molecule has 1 spiro atoms. The summed E-state index contributed by atoms with van der Waals surface area (Å²) in [6.45, 7) is 14.1. The topological polar surface area (TPSA) is 193 Å². The summed E-state index contributed by atoms with van der Waals surface area (Å²) in [6.07, 6.45) is -2.06. The summed E-state index contributed by atoms with van der Waals surface area (Å²) in [7, 11) is 4.91. The Balaban J connectivity index is 1.26. The molecule has 0 amide bonds. The maximum Gasteiger partial charge on any atom is 0.514 e. The van der Waals surface area contributed by atoms with E-state index in [0.717, 1.165) is 16.7 Å². The minimum Gasteiger partial charge on any atom is -0.504 e. The molecule has 10 rings (SSSR count). The van der Waals surface area contributed by atoms with Gasteiger partial charge < -0.3 is 52.8 Å². The number of aliphatic hydroxyl groups excluding tert-OH is 1. The van der Waals surface area contributed by atoms with Crippen molar-refractivity contribution in [3.05, 3.63) is 62.7 Å². The molecule has 7 atom stereocenters. The minimum atomic E-state index is -1.48. The lowest BCUT2D eigenvalue weighted by atomic mass is 9.73. The molecule has 1 unspecified atom stereocenters. The zero-order valence-corrected chi connectivity index (χ0v) is 39.4. The average molecular weight is 920 g/mol. The monoisotopic (exact) mass is 919 g/mol. The van der Waals surface area contributed by atoms with Crippen LogP contribution in [0.4, 0.5) is 9.59 Å². The quantitative estimate of drug-likeness (QED) is 0.148. The van der Waals surface area contributed by atoms with E-state index in [1.807, 2.05) is 24.9 Å². The first-order valence-corrected chi connectivity index (χ1v) is 22.8. The molecule has 3 aromatic carbocycles. The van der Waals surface area contributed by atoms with E-state index in [0.29, 0.717) is 64.5 Å². The van der Waals surface area contributed by atoms with E-state index in [2.05, 4.69) is 10.2 Å².